The molecule has 0 aromatic carbocycles. The highest BCUT2D eigenvalue weighted by Crippen LogP contribution is 2.23. The van der Waals surface area contributed by atoms with Crippen LogP contribution in [0.5, 0.6) is 0 Å². The summed E-state index contributed by atoms with van der Waals surface area (Å²) in [6.07, 6.45) is 2.35. The first kappa shape index (κ1) is 10.2. The van der Waals surface area contributed by atoms with Crippen molar-refractivity contribution in [3.05, 3.63) is 0 Å². The Bertz CT molecular complexity index is 115. The van der Waals surface area contributed by atoms with E-state index in [9.17, 15) is 4.79 Å². The van der Waals surface area contributed by atoms with Crippen LogP contribution < -0.4 is 0 Å². The van der Waals surface area contributed by atoms with E-state index in [1.54, 1.807) is 0 Å². The van der Waals surface area contributed by atoms with Gasteiger partial charge in [-0.25, -0.2) is 0 Å². The Morgan fingerprint density at radius 2 is 2.00 bits per heavy atom. The molecule has 0 heterocycles. The van der Waals surface area contributed by atoms with Crippen molar-refractivity contribution in [2.24, 2.45) is 0 Å². The predicted octanol–water partition coefficient (Wildman–Crippen LogP) is 2.94. The van der Waals surface area contributed by atoms with Gasteiger partial charge in [-0.1, -0.05) is 36.5 Å². The van der Waals surface area contributed by atoms with Crippen molar-refractivity contribution >= 4 is 29.0 Å². The van der Waals surface area contributed by atoms with Gasteiger partial charge in [0.15, 0.2) is 10.1 Å². The van der Waals surface area contributed by atoms with Gasteiger partial charge in [0.2, 0.25) is 0 Å². The molecule has 10 heavy (non-hydrogen) atoms. The molecule has 0 amide bonds. The van der Waals surface area contributed by atoms with Crippen LogP contribution in [0.3, 0.4) is 0 Å². The summed E-state index contributed by atoms with van der Waals surface area (Å²) in [5, 5.41) is 0. The van der Waals surface area contributed by atoms with Gasteiger partial charge in [0.1, 0.15) is 0 Å². The average molecular weight is 183 g/mol. The first-order valence-corrected chi connectivity index (χ1v) is 4.15. The predicted molar refractivity (Wildman–Crippen MR) is 44.6 cm³/mol. The second-order valence-electron chi connectivity index (χ2n) is 2.42. The Morgan fingerprint density at radius 3 is 2.30 bits per heavy atom. The first-order chi connectivity index (χ1) is 4.48. The van der Waals surface area contributed by atoms with Gasteiger partial charge in [-0.05, 0) is 13.3 Å². The van der Waals surface area contributed by atoms with Crippen molar-refractivity contribution in [1.29, 1.82) is 0 Å². The topological polar surface area (TPSA) is 17.1 Å². The van der Waals surface area contributed by atoms with Crippen molar-refractivity contribution in [3.63, 3.8) is 0 Å². The van der Waals surface area contributed by atoms with E-state index < -0.39 is 4.33 Å². The van der Waals surface area contributed by atoms with Crippen LogP contribution in [-0.2, 0) is 4.79 Å². The summed E-state index contributed by atoms with van der Waals surface area (Å²) in [4.78, 5) is 11.0. The lowest BCUT2D eigenvalue weighted by Crippen LogP contribution is -2.20. The molecule has 0 rings (SSSR count). The van der Waals surface area contributed by atoms with Crippen molar-refractivity contribution in [3.8, 4) is 0 Å². The van der Waals surface area contributed by atoms with Crippen LogP contribution >= 0.6 is 23.2 Å². The van der Waals surface area contributed by atoms with Crippen LogP contribution in [-0.4, -0.2) is 10.1 Å². The number of alkyl halides is 2. The minimum Gasteiger partial charge on any atom is -0.296 e. The van der Waals surface area contributed by atoms with E-state index in [0.29, 0.717) is 6.42 Å². The molecule has 0 bridgehead atoms. The fraction of sp³-hybridized carbons (Fsp3) is 0.857. The highest BCUT2D eigenvalue weighted by atomic mass is 35.5. The molecule has 60 valence electrons. The normalized spacial score (nSPS) is 11.6. The molecule has 0 saturated heterocycles. The number of ketones is 1. The maximum Gasteiger partial charge on any atom is 0.173 e. The number of halogens is 2. The van der Waals surface area contributed by atoms with Crippen LogP contribution in [0, 0.1) is 0 Å². The highest BCUT2D eigenvalue weighted by Gasteiger charge is 2.25. The van der Waals surface area contributed by atoms with E-state index in [-0.39, 0.29) is 5.78 Å². The number of unbranched alkanes of at least 4 members (excludes halogenated alkanes) is 1. The SMILES string of the molecule is CCCCC(=O)C(C)(Cl)Cl. The summed E-state index contributed by atoms with van der Waals surface area (Å²) < 4.78 is -1.19. The van der Waals surface area contributed by atoms with Crippen molar-refractivity contribution in [2.75, 3.05) is 0 Å². The molecule has 1 nitrogen and oxygen atoms in total. The molecule has 0 spiro atoms. The molecule has 3 heteroatoms. The zero-order valence-electron chi connectivity index (χ0n) is 6.29. The molecule has 0 fully saturated rings. The van der Waals surface area contributed by atoms with E-state index >= 15 is 0 Å². The van der Waals surface area contributed by atoms with Gasteiger partial charge in [0.25, 0.3) is 0 Å². The molecule has 0 radical (unpaired) electrons. The summed E-state index contributed by atoms with van der Waals surface area (Å²) in [5.41, 5.74) is 0. The monoisotopic (exact) mass is 182 g/mol. The molecule has 0 aromatic heterocycles. The quantitative estimate of drug-likeness (QED) is 0.612. The summed E-state index contributed by atoms with van der Waals surface area (Å²) in [6, 6.07) is 0. The van der Waals surface area contributed by atoms with E-state index in [2.05, 4.69) is 0 Å². The fourth-order valence-corrected chi connectivity index (χ4v) is 0.746. The molecule has 0 N–H and O–H groups in total. The number of Topliss-reactive ketones (excluding diaryl/α,β-unsaturated/α-hetero) is 1. The second-order valence-corrected chi connectivity index (χ2v) is 4.12. The molecular formula is C7H12Cl2O. The summed E-state index contributed by atoms with van der Waals surface area (Å²) >= 11 is 11.1. The van der Waals surface area contributed by atoms with Gasteiger partial charge in [-0.15, -0.1) is 0 Å². The lowest BCUT2D eigenvalue weighted by molar-refractivity contribution is -0.119. The van der Waals surface area contributed by atoms with Gasteiger partial charge in [0, 0.05) is 6.42 Å². The van der Waals surface area contributed by atoms with Crippen molar-refractivity contribution < 1.29 is 4.79 Å². The number of rotatable bonds is 4. The molecule has 0 saturated carbocycles. The van der Waals surface area contributed by atoms with Gasteiger partial charge >= 0.3 is 0 Å². The maximum absolute atomic E-state index is 11.0. The molecule has 0 aliphatic heterocycles. The van der Waals surface area contributed by atoms with Crippen molar-refractivity contribution in [1.82, 2.24) is 0 Å². The Kier molecular flexibility index (Phi) is 4.30. The second kappa shape index (κ2) is 4.20. The van der Waals surface area contributed by atoms with Gasteiger partial charge in [-0.2, -0.15) is 0 Å². The third-order valence-corrected chi connectivity index (χ3v) is 1.67. The summed E-state index contributed by atoms with van der Waals surface area (Å²) in [7, 11) is 0. The van der Waals surface area contributed by atoms with E-state index in [1.807, 2.05) is 6.92 Å². The Morgan fingerprint density at radius 1 is 1.50 bits per heavy atom. The largest absolute Gasteiger partial charge is 0.296 e. The lowest BCUT2D eigenvalue weighted by atomic mass is 10.1. The molecular weight excluding hydrogens is 171 g/mol. The number of carbonyl (C=O) groups is 1. The third kappa shape index (κ3) is 4.13. The fourth-order valence-electron chi connectivity index (χ4n) is 0.557. The van der Waals surface area contributed by atoms with Gasteiger partial charge < -0.3 is 0 Å². The first-order valence-electron chi connectivity index (χ1n) is 3.39. The molecule has 0 aliphatic carbocycles. The Labute approximate surface area is 71.7 Å². The third-order valence-electron chi connectivity index (χ3n) is 1.25. The van der Waals surface area contributed by atoms with E-state index in [1.165, 1.54) is 6.92 Å². The van der Waals surface area contributed by atoms with Gasteiger partial charge in [0.05, 0.1) is 0 Å². The van der Waals surface area contributed by atoms with Crippen LogP contribution in [0.1, 0.15) is 33.1 Å². The smallest absolute Gasteiger partial charge is 0.173 e. The minimum absolute atomic E-state index is 0.0855. The number of hydrogen-bond acceptors (Lipinski definition) is 1. The van der Waals surface area contributed by atoms with E-state index in [0.717, 1.165) is 12.8 Å². The van der Waals surface area contributed by atoms with Crippen LogP contribution in [0.2, 0.25) is 0 Å². The summed E-state index contributed by atoms with van der Waals surface area (Å²) in [6.45, 7) is 3.53. The Hall–Kier alpha value is 0.250. The Balaban J connectivity index is 3.64. The number of carbonyl (C=O) groups excluding carboxylic acids is 1. The maximum atomic E-state index is 11.0. The van der Waals surface area contributed by atoms with Crippen LogP contribution in [0.15, 0.2) is 0 Å². The van der Waals surface area contributed by atoms with Crippen molar-refractivity contribution in [2.45, 2.75) is 37.4 Å². The standard InChI is InChI=1S/C7H12Cl2O/c1-3-4-5-6(10)7(2,8)9/h3-5H2,1-2H3. The van der Waals surface area contributed by atoms with Gasteiger partial charge in [-0.3, -0.25) is 4.79 Å². The average Bonchev–Trinajstić information content (AvgIpc) is 1.80. The zero-order chi connectivity index (χ0) is 8.20. The molecule has 0 aliphatic rings. The summed E-state index contributed by atoms with van der Waals surface area (Å²) in [5.74, 6) is -0.0855. The zero-order valence-corrected chi connectivity index (χ0v) is 7.80. The molecule has 0 aromatic rings. The van der Waals surface area contributed by atoms with Crippen LogP contribution in [0.25, 0.3) is 0 Å². The lowest BCUT2D eigenvalue weighted by Gasteiger charge is -2.10. The minimum atomic E-state index is -1.19. The van der Waals surface area contributed by atoms with E-state index in [4.69, 9.17) is 23.2 Å². The highest BCUT2D eigenvalue weighted by molar-refractivity contribution is 6.57. The number of hydrogen-bond donors (Lipinski definition) is 0. The van der Waals surface area contributed by atoms with Crippen LogP contribution in [0.4, 0.5) is 0 Å². The molecule has 0 atom stereocenters. The molecule has 0 unspecified atom stereocenters.